The second kappa shape index (κ2) is 6.92. The SMILES string of the molecule is CC[C@@H](C)[C@H](NCc1cc(Cl)nc(Cl)c1)C(=O)O. The maximum atomic E-state index is 11.1. The third-order valence-corrected chi connectivity index (χ3v) is 3.22. The Hall–Kier alpha value is -0.840. The second-order valence-corrected chi connectivity index (χ2v) is 4.98. The summed E-state index contributed by atoms with van der Waals surface area (Å²) >= 11 is 11.6. The molecule has 1 aromatic rings. The molecule has 0 aliphatic heterocycles. The number of nitrogens with zero attached hydrogens (tertiary/aromatic N) is 1. The van der Waals surface area contributed by atoms with Gasteiger partial charge in [0.05, 0.1) is 0 Å². The van der Waals surface area contributed by atoms with Gasteiger partial charge in [0.2, 0.25) is 0 Å². The van der Waals surface area contributed by atoms with Crippen LogP contribution in [0.5, 0.6) is 0 Å². The molecule has 2 N–H and O–H groups in total. The zero-order valence-corrected chi connectivity index (χ0v) is 11.8. The van der Waals surface area contributed by atoms with Gasteiger partial charge in [0.1, 0.15) is 16.3 Å². The molecular formula is C12H16Cl2N2O2. The van der Waals surface area contributed by atoms with Gasteiger partial charge in [-0.3, -0.25) is 4.79 Å². The van der Waals surface area contributed by atoms with Gasteiger partial charge in [0.15, 0.2) is 0 Å². The lowest BCUT2D eigenvalue weighted by Gasteiger charge is -2.20. The number of hydrogen-bond donors (Lipinski definition) is 2. The summed E-state index contributed by atoms with van der Waals surface area (Å²) in [5.74, 6) is -0.800. The Balaban J connectivity index is 2.69. The van der Waals surface area contributed by atoms with Crippen molar-refractivity contribution in [3.05, 3.63) is 28.0 Å². The number of carbonyl (C=O) groups is 1. The van der Waals surface area contributed by atoms with E-state index in [1.165, 1.54) is 0 Å². The van der Waals surface area contributed by atoms with Crippen LogP contribution >= 0.6 is 23.2 Å². The van der Waals surface area contributed by atoms with Crippen LogP contribution in [0.2, 0.25) is 10.3 Å². The van der Waals surface area contributed by atoms with Gasteiger partial charge in [0.25, 0.3) is 0 Å². The van der Waals surface area contributed by atoms with Crippen LogP contribution in [0.3, 0.4) is 0 Å². The van der Waals surface area contributed by atoms with Gasteiger partial charge in [-0.1, -0.05) is 43.5 Å². The highest BCUT2D eigenvalue weighted by atomic mass is 35.5. The molecule has 6 heteroatoms. The molecule has 0 amide bonds. The average Bonchev–Trinajstić information content (AvgIpc) is 2.27. The number of halogens is 2. The molecule has 0 aromatic carbocycles. The molecule has 0 spiro atoms. The van der Waals surface area contributed by atoms with E-state index in [1.807, 2.05) is 13.8 Å². The largest absolute Gasteiger partial charge is 0.480 e. The molecule has 1 heterocycles. The zero-order valence-electron chi connectivity index (χ0n) is 10.3. The number of aliphatic carboxylic acids is 1. The van der Waals surface area contributed by atoms with Crippen LogP contribution in [0, 0.1) is 5.92 Å². The lowest BCUT2D eigenvalue weighted by atomic mass is 9.99. The first kappa shape index (κ1) is 15.2. The quantitative estimate of drug-likeness (QED) is 0.791. The van der Waals surface area contributed by atoms with E-state index in [1.54, 1.807) is 12.1 Å². The van der Waals surface area contributed by atoms with Crippen molar-refractivity contribution in [1.29, 1.82) is 0 Å². The molecule has 100 valence electrons. The topological polar surface area (TPSA) is 62.2 Å². The molecule has 0 bridgehead atoms. The molecule has 0 aliphatic rings. The first-order valence-electron chi connectivity index (χ1n) is 5.72. The van der Waals surface area contributed by atoms with Gasteiger partial charge >= 0.3 is 5.97 Å². The molecule has 2 atom stereocenters. The van der Waals surface area contributed by atoms with Crippen LogP contribution < -0.4 is 5.32 Å². The highest BCUT2D eigenvalue weighted by Crippen LogP contribution is 2.15. The summed E-state index contributed by atoms with van der Waals surface area (Å²) < 4.78 is 0. The van der Waals surface area contributed by atoms with Crippen LogP contribution in [-0.4, -0.2) is 22.1 Å². The maximum Gasteiger partial charge on any atom is 0.320 e. The van der Waals surface area contributed by atoms with Gasteiger partial charge in [-0.15, -0.1) is 0 Å². The Morgan fingerprint density at radius 3 is 2.44 bits per heavy atom. The van der Waals surface area contributed by atoms with E-state index < -0.39 is 12.0 Å². The van der Waals surface area contributed by atoms with Gasteiger partial charge in [-0.25, -0.2) is 4.98 Å². The third-order valence-electron chi connectivity index (χ3n) is 2.83. The highest BCUT2D eigenvalue weighted by Gasteiger charge is 2.22. The van der Waals surface area contributed by atoms with Crippen LogP contribution in [0.4, 0.5) is 0 Å². The minimum absolute atomic E-state index is 0.0512. The molecule has 0 unspecified atom stereocenters. The highest BCUT2D eigenvalue weighted by molar-refractivity contribution is 6.32. The monoisotopic (exact) mass is 290 g/mol. The molecule has 1 rings (SSSR count). The Morgan fingerprint density at radius 2 is 2.00 bits per heavy atom. The van der Waals surface area contributed by atoms with Crippen LogP contribution in [0.15, 0.2) is 12.1 Å². The first-order chi connectivity index (χ1) is 8.43. The predicted octanol–water partition coefficient (Wildman–Crippen LogP) is 2.98. The van der Waals surface area contributed by atoms with Crippen molar-refractivity contribution in [3.8, 4) is 0 Å². The second-order valence-electron chi connectivity index (χ2n) is 4.20. The number of rotatable bonds is 6. The maximum absolute atomic E-state index is 11.1. The third kappa shape index (κ3) is 4.44. The fourth-order valence-corrected chi connectivity index (χ4v) is 2.12. The van der Waals surface area contributed by atoms with Crippen molar-refractivity contribution in [3.63, 3.8) is 0 Å². The van der Waals surface area contributed by atoms with Crippen LogP contribution in [0.1, 0.15) is 25.8 Å². The standard InChI is InChI=1S/C12H16Cl2N2O2/c1-3-7(2)11(12(17)18)15-6-8-4-9(13)16-10(14)5-8/h4-5,7,11,15H,3,6H2,1-2H3,(H,17,18)/t7-,11+/m1/s1. The number of aromatic nitrogens is 1. The summed E-state index contributed by atoms with van der Waals surface area (Å²) in [6.45, 7) is 4.25. The van der Waals surface area contributed by atoms with Gasteiger partial charge in [-0.05, 0) is 23.6 Å². The molecule has 0 saturated heterocycles. The number of pyridine rings is 1. The average molecular weight is 291 g/mol. The fourth-order valence-electron chi connectivity index (χ4n) is 1.61. The summed E-state index contributed by atoms with van der Waals surface area (Å²) in [7, 11) is 0. The molecule has 1 aromatic heterocycles. The fraction of sp³-hybridized carbons (Fsp3) is 0.500. The minimum atomic E-state index is -0.851. The molecular weight excluding hydrogens is 275 g/mol. The Morgan fingerprint density at radius 1 is 1.44 bits per heavy atom. The summed E-state index contributed by atoms with van der Waals surface area (Å²) in [6.07, 6.45) is 0.793. The van der Waals surface area contributed by atoms with E-state index in [0.717, 1.165) is 12.0 Å². The predicted molar refractivity (Wildman–Crippen MR) is 72.0 cm³/mol. The summed E-state index contributed by atoms with van der Waals surface area (Å²) in [6, 6.07) is 2.74. The van der Waals surface area contributed by atoms with E-state index in [4.69, 9.17) is 28.3 Å². The van der Waals surface area contributed by atoms with Gasteiger partial charge in [-0.2, -0.15) is 0 Å². The Bertz CT molecular complexity index is 406. The van der Waals surface area contributed by atoms with Crippen molar-refractivity contribution in [2.24, 2.45) is 5.92 Å². The smallest absolute Gasteiger partial charge is 0.320 e. The van der Waals surface area contributed by atoms with Gasteiger partial charge < -0.3 is 10.4 Å². The van der Waals surface area contributed by atoms with Crippen molar-refractivity contribution >= 4 is 29.2 Å². The molecule has 18 heavy (non-hydrogen) atoms. The molecule has 0 aliphatic carbocycles. The van der Waals surface area contributed by atoms with Crippen molar-refractivity contribution < 1.29 is 9.90 Å². The van der Waals surface area contributed by atoms with E-state index in [9.17, 15) is 4.79 Å². The van der Waals surface area contributed by atoms with Crippen LogP contribution in [-0.2, 0) is 11.3 Å². The van der Waals surface area contributed by atoms with Crippen LogP contribution in [0.25, 0.3) is 0 Å². The lowest BCUT2D eigenvalue weighted by molar-refractivity contribution is -0.140. The van der Waals surface area contributed by atoms with Gasteiger partial charge in [0, 0.05) is 6.54 Å². The van der Waals surface area contributed by atoms with Crippen molar-refractivity contribution in [1.82, 2.24) is 10.3 Å². The molecule has 0 saturated carbocycles. The van der Waals surface area contributed by atoms with E-state index >= 15 is 0 Å². The summed E-state index contributed by atoms with van der Waals surface area (Å²) in [5.41, 5.74) is 0.814. The summed E-state index contributed by atoms with van der Waals surface area (Å²) in [5, 5.41) is 12.7. The molecule has 4 nitrogen and oxygen atoms in total. The number of hydrogen-bond acceptors (Lipinski definition) is 3. The van der Waals surface area contributed by atoms with E-state index in [2.05, 4.69) is 10.3 Å². The Kier molecular flexibility index (Phi) is 5.85. The Labute approximate surface area is 116 Å². The molecule has 0 radical (unpaired) electrons. The normalized spacial score (nSPS) is 14.2. The van der Waals surface area contributed by atoms with Crippen molar-refractivity contribution in [2.45, 2.75) is 32.9 Å². The molecule has 0 fully saturated rings. The van der Waals surface area contributed by atoms with E-state index in [-0.39, 0.29) is 5.92 Å². The minimum Gasteiger partial charge on any atom is -0.480 e. The summed E-state index contributed by atoms with van der Waals surface area (Å²) in [4.78, 5) is 15.0. The first-order valence-corrected chi connectivity index (χ1v) is 6.47. The number of carboxylic acid groups (broad SMARTS) is 1. The van der Waals surface area contributed by atoms with E-state index in [0.29, 0.717) is 16.9 Å². The number of nitrogens with one attached hydrogen (secondary N) is 1. The zero-order chi connectivity index (χ0) is 13.7. The lowest BCUT2D eigenvalue weighted by Crippen LogP contribution is -2.41. The number of carboxylic acids is 1. The van der Waals surface area contributed by atoms with Crippen molar-refractivity contribution in [2.75, 3.05) is 0 Å².